The molecule has 0 aliphatic rings. The largest absolute Gasteiger partial charge is 1.00 e. The van der Waals surface area contributed by atoms with E-state index >= 15 is 0 Å². The van der Waals surface area contributed by atoms with Crippen LogP contribution in [-0.2, 0) is 30.4 Å². The van der Waals surface area contributed by atoms with E-state index in [1.54, 1.807) is 57.7 Å². The fraction of sp³-hybridized carbons (Fsp3) is 0.0526. The molecule has 0 fully saturated rings. The number of para-hydroxylation sites is 3. The van der Waals surface area contributed by atoms with E-state index in [2.05, 4.69) is 30.8 Å². The van der Waals surface area contributed by atoms with Gasteiger partial charge in [0.25, 0.3) is 16.7 Å². The van der Waals surface area contributed by atoms with Crippen LogP contribution in [-0.4, -0.2) is 59.2 Å². The number of halogens is 3. The van der Waals surface area contributed by atoms with Crippen molar-refractivity contribution in [3.8, 4) is 17.1 Å². The number of pyridine rings is 3. The molecular formula is C57H41Cl3N7NaO9S. The Kier molecular flexibility index (Phi) is 17.8. The van der Waals surface area contributed by atoms with Crippen LogP contribution < -0.4 is 46.2 Å². The molecule has 16 nitrogen and oxygen atoms in total. The molecule has 0 spiro atoms. The van der Waals surface area contributed by atoms with Crippen molar-refractivity contribution in [3.05, 3.63) is 235 Å². The molecule has 3 N–H and O–H groups in total. The summed E-state index contributed by atoms with van der Waals surface area (Å²) in [4.78, 5) is 63.3. The first kappa shape index (κ1) is 57.7. The molecular weight excluding hydrogens is 1090 g/mol. The van der Waals surface area contributed by atoms with Crippen LogP contribution in [0.1, 0.15) is 20.7 Å². The van der Waals surface area contributed by atoms with E-state index in [0.29, 0.717) is 17.1 Å². The maximum atomic E-state index is 12.8. The molecule has 0 amide bonds. The SMILES string of the molecule is Cn1c2ccccc2c2c1cc(Cl)c(=O)n2-c1ccc(C(=O)O)cc1.Cn1c2ccccc2c2c1ccc(=O)n2-c1ccc(C(=O)O)cc1.O=S(Cl)Cl.[C-]#[N+]c1ccc(-n2c(=O)ccc3c2c2ccccc2n3C)cc1.[Na+].[OH-]. The van der Waals surface area contributed by atoms with E-state index in [1.165, 1.54) is 34.9 Å². The minimum absolute atomic E-state index is 0. The number of carboxylic acids is 2. The molecule has 12 rings (SSSR count). The zero-order chi connectivity index (χ0) is 54.1. The molecule has 6 aromatic heterocycles. The Hall–Kier alpha value is -8.02. The maximum absolute atomic E-state index is 12.8. The van der Waals surface area contributed by atoms with Crippen molar-refractivity contribution in [1.29, 1.82) is 0 Å². The second-order valence-electron chi connectivity index (χ2n) is 17.1. The van der Waals surface area contributed by atoms with Gasteiger partial charge in [-0.15, -0.1) is 0 Å². The predicted octanol–water partition coefficient (Wildman–Crippen LogP) is 8.92. The summed E-state index contributed by atoms with van der Waals surface area (Å²) in [7, 11) is 13.2. The topological polar surface area (TPSA) is 207 Å². The molecule has 6 aromatic carbocycles. The number of hydrogen-bond acceptors (Lipinski definition) is 7. The molecule has 0 aliphatic heterocycles. The number of rotatable bonds is 5. The molecule has 78 heavy (non-hydrogen) atoms. The van der Waals surface area contributed by atoms with Gasteiger partial charge in [0.15, 0.2) is 5.69 Å². The van der Waals surface area contributed by atoms with Crippen molar-refractivity contribution in [2.24, 2.45) is 21.1 Å². The molecule has 386 valence electrons. The van der Waals surface area contributed by atoms with E-state index in [4.69, 9.17) is 32.6 Å². The number of carboxylic acid groups (broad SMARTS) is 2. The van der Waals surface area contributed by atoms with Crippen LogP contribution in [0.4, 0.5) is 5.69 Å². The number of aromatic nitrogens is 6. The van der Waals surface area contributed by atoms with Gasteiger partial charge >= 0.3 is 41.5 Å². The van der Waals surface area contributed by atoms with Gasteiger partial charge in [-0.3, -0.25) is 28.1 Å². The quantitative estimate of drug-likeness (QED) is 0.0957. The Bertz CT molecular complexity index is 4540. The van der Waals surface area contributed by atoms with Crippen molar-refractivity contribution < 1.29 is 59.0 Å². The molecule has 0 aliphatic carbocycles. The summed E-state index contributed by atoms with van der Waals surface area (Å²) >= 11 is 6.18. The van der Waals surface area contributed by atoms with Crippen LogP contribution in [0.3, 0.4) is 0 Å². The molecule has 6 heterocycles. The third-order valence-electron chi connectivity index (χ3n) is 12.9. The van der Waals surface area contributed by atoms with Crippen molar-refractivity contribution in [1.82, 2.24) is 27.4 Å². The fourth-order valence-corrected chi connectivity index (χ4v) is 9.62. The van der Waals surface area contributed by atoms with Gasteiger partial charge in [0, 0.05) is 87.9 Å². The third kappa shape index (κ3) is 10.9. The molecule has 0 saturated heterocycles. The zero-order valence-corrected chi connectivity index (χ0v) is 46.8. The minimum atomic E-state index is -1.67. The van der Waals surface area contributed by atoms with Crippen molar-refractivity contribution in [3.63, 3.8) is 0 Å². The average molecular weight is 1130 g/mol. The summed E-state index contributed by atoms with van der Waals surface area (Å²) in [5.41, 5.74) is 10.7. The number of aromatic carboxylic acids is 2. The normalized spacial score (nSPS) is 10.7. The van der Waals surface area contributed by atoms with Gasteiger partial charge < -0.3 is 29.4 Å². The molecule has 12 aromatic rings. The second kappa shape index (κ2) is 24.1. The maximum Gasteiger partial charge on any atom is 1.00 e. The first-order valence-corrected chi connectivity index (χ1v) is 26.1. The summed E-state index contributed by atoms with van der Waals surface area (Å²) in [5.74, 6) is -2.00. The first-order chi connectivity index (χ1) is 36.5. The number of carbonyl (C=O) groups is 2. The number of benzene rings is 6. The number of nitrogens with zero attached hydrogens (tertiary/aromatic N) is 7. The van der Waals surface area contributed by atoms with Crippen LogP contribution >= 0.6 is 33.0 Å². The van der Waals surface area contributed by atoms with E-state index < -0.39 is 21.2 Å². The standard InChI is InChI=1S/C19H13ClN2O3.C19H13N3O.C19H14N2O3.Cl2OS.Na.H2O/c1-21-15-5-3-2-4-13(15)17-16(21)10-14(20)18(23)22(17)12-8-6-11(7-9-12)19(24)25;1-20-13-7-9-14(10-8-13)22-18(23)12-11-17-19(22)15-5-3-4-6-16(15)21(17)2;1-20-15-5-3-2-4-14(15)18-16(20)10-11-17(22)21(18)13-8-6-12(7-9-13)19(23)24;1-4(2)3;;/h2-10H,1H3,(H,24,25);3-12H,2H3;2-11H,1H3,(H,23,24);;;1H2/q;;;;+1;/p-1. The molecule has 0 radical (unpaired) electrons. The van der Waals surface area contributed by atoms with Gasteiger partial charge in [0.05, 0.1) is 67.3 Å². The van der Waals surface area contributed by atoms with Crippen LogP contribution in [0.2, 0.25) is 5.02 Å². The van der Waals surface area contributed by atoms with Crippen molar-refractivity contribution >= 4 is 126 Å². The Balaban J connectivity index is 0.000000162. The van der Waals surface area contributed by atoms with Crippen LogP contribution in [0.5, 0.6) is 0 Å². The Morgan fingerprint density at radius 3 is 1.17 bits per heavy atom. The van der Waals surface area contributed by atoms with Crippen molar-refractivity contribution in [2.75, 3.05) is 0 Å². The number of hydrogen-bond donors (Lipinski definition) is 2. The molecule has 0 atom stereocenters. The summed E-state index contributed by atoms with van der Waals surface area (Å²) < 4.78 is 20.1. The van der Waals surface area contributed by atoms with Gasteiger partial charge in [0.1, 0.15) is 5.02 Å². The Morgan fingerprint density at radius 2 is 0.808 bits per heavy atom. The summed E-state index contributed by atoms with van der Waals surface area (Å²) in [6.07, 6.45) is 0. The molecule has 21 heteroatoms. The Morgan fingerprint density at radius 1 is 0.487 bits per heavy atom. The monoisotopic (exact) mass is 1130 g/mol. The molecule has 0 bridgehead atoms. The zero-order valence-electron chi connectivity index (χ0n) is 41.7. The van der Waals surface area contributed by atoms with E-state index in [-0.39, 0.29) is 67.9 Å². The van der Waals surface area contributed by atoms with Crippen LogP contribution in [0.25, 0.3) is 87.7 Å². The first-order valence-electron chi connectivity index (χ1n) is 22.9. The average Bonchev–Trinajstić information content (AvgIpc) is 4.24. The van der Waals surface area contributed by atoms with Crippen molar-refractivity contribution in [2.45, 2.75) is 0 Å². The van der Waals surface area contributed by atoms with Gasteiger partial charge in [-0.25, -0.2) is 18.6 Å². The predicted molar refractivity (Wildman–Crippen MR) is 305 cm³/mol. The number of aryl methyl sites for hydroxylation is 3. The van der Waals surface area contributed by atoms with Gasteiger partial charge in [-0.05, 0) is 97.1 Å². The minimum Gasteiger partial charge on any atom is -0.870 e. The second-order valence-corrected chi connectivity index (χ2v) is 20.0. The fourth-order valence-electron chi connectivity index (χ4n) is 9.43. The molecule has 0 saturated carbocycles. The van der Waals surface area contributed by atoms with E-state index in [1.807, 2.05) is 127 Å². The Labute approximate surface area is 481 Å². The molecule has 0 unspecified atom stereocenters. The van der Waals surface area contributed by atoms with Crippen LogP contribution in [0.15, 0.2) is 190 Å². The van der Waals surface area contributed by atoms with Gasteiger partial charge in [0.2, 0.25) is 9.23 Å². The van der Waals surface area contributed by atoms with Gasteiger partial charge in [-0.2, -0.15) is 0 Å². The van der Waals surface area contributed by atoms with Gasteiger partial charge in [-0.1, -0.05) is 78.3 Å². The third-order valence-corrected chi connectivity index (χ3v) is 13.2. The smallest absolute Gasteiger partial charge is 0.870 e. The summed E-state index contributed by atoms with van der Waals surface area (Å²) in [5, 5.41) is 21.2. The van der Waals surface area contributed by atoms with E-state index in [0.717, 1.165) is 71.5 Å². The van der Waals surface area contributed by atoms with Crippen LogP contribution in [0, 0.1) is 6.57 Å². The van der Waals surface area contributed by atoms with E-state index in [9.17, 15) is 24.0 Å². The number of fused-ring (bicyclic) bond motifs is 9. The summed E-state index contributed by atoms with van der Waals surface area (Å²) in [6, 6.07) is 51.8. The summed E-state index contributed by atoms with van der Waals surface area (Å²) in [6.45, 7) is 7.06.